The maximum atomic E-state index is 4.56. The van der Waals surface area contributed by atoms with Gasteiger partial charge in [0.2, 0.25) is 0 Å². The lowest BCUT2D eigenvalue weighted by Gasteiger charge is -2.38. The molecule has 1 aromatic carbocycles. The molecule has 3 aliphatic rings. The molecule has 96 valence electrons. The molecular weight excluding hydrogens is 230 g/mol. The first-order valence-electron chi connectivity index (χ1n) is 7.39. The number of hydrogen-bond acceptors (Lipinski definition) is 1. The van der Waals surface area contributed by atoms with Gasteiger partial charge in [0.1, 0.15) is 0 Å². The van der Waals surface area contributed by atoms with E-state index in [-0.39, 0.29) is 0 Å². The Kier molecular flexibility index (Phi) is 2.48. The Morgan fingerprint density at radius 2 is 1.68 bits per heavy atom. The average molecular weight is 249 g/mol. The first-order valence-corrected chi connectivity index (χ1v) is 7.39. The van der Waals surface area contributed by atoms with Crippen LogP contribution < -0.4 is 0 Å². The third-order valence-corrected chi connectivity index (χ3v) is 4.98. The molecule has 0 aliphatic heterocycles. The van der Waals surface area contributed by atoms with Gasteiger partial charge in [-0.1, -0.05) is 18.2 Å². The molecule has 3 aliphatic carbocycles. The van der Waals surface area contributed by atoms with Crippen molar-refractivity contribution in [1.29, 1.82) is 0 Å². The van der Waals surface area contributed by atoms with Crippen LogP contribution in [-0.2, 0) is 0 Å². The molecule has 0 N–H and O–H groups in total. The standard InChI is InChI=1S/C18H19N/c1-12-3-2-10-19-18(12)15-8-9-16-13-4-6-14(7-5-13)17(16)11-15/h2-3,8-11,13-14H,4-7H2,1H3. The fourth-order valence-electron chi connectivity index (χ4n) is 3.95. The SMILES string of the molecule is Cc1cccnc1-c1ccc2c(c1)C1CCC2CC1. The topological polar surface area (TPSA) is 12.9 Å². The summed E-state index contributed by atoms with van der Waals surface area (Å²) in [7, 11) is 0. The molecule has 1 saturated carbocycles. The average Bonchev–Trinajstić information content (AvgIpc) is 2.49. The summed E-state index contributed by atoms with van der Waals surface area (Å²) in [5, 5.41) is 0. The van der Waals surface area contributed by atoms with Crippen LogP contribution in [0.25, 0.3) is 11.3 Å². The molecule has 0 radical (unpaired) electrons. The predicted molar refractivity (Wildman–Crippen MR) is 78.4 cm³/mol. The van der Waals surface area contributed by atoms with E-state index in [4.69, 9.17) is 0 Å². The van der Waals surface area contributed by atoms with E-state index in [0.29, 0.717) is 0 Å². The minimum atomic E-state index is 0.809. The monoisotopic (exact) mass is 249 g/mol. The number of rotatable bonds is 1. The van der Waals surface area contributed by atoms with Gasteiger partial charge in [-0.05, 0) is 73.3 Å². The van der Waals surface area contributed by atoms with Crippen molar-refractivity contribution < 1.29 is 0 Å². The van der Waals surface area contributed by atoms with Gasteiger partial charge in [-0.3, -0.25) is 4.98 Å². The summed E-state index contributed by atoms with van der Waals surface area (Å²) in [4.78, 5) is 4.56. The Morgan fingerprint density at radius 1 is 0.947 bits per heavy atom. The van der Waals surface area contributed by atoms with Gasteiger partial charge in [0.05, 0.1) is 5.69 Å². The third-order valence-electron chi connectivity index (χ3n) is 4.98. The zero-order valence-electron chi connectivity index (χ0n) is 11.4. The largest absolute Gasteiger partial charge is 0.256 e. The van der Waals surface area contributed by atoms with Gasteiger partial charge in [-0.2, -0.15) is 0 Å². The fourth-order valence-corrected chi connectivity index (χ4v) is 3.95. The van der Waals surface area contributed by atoms with E-state index >= 15 is 0 Å². The molecule has 0 amide bonds. The molecule has 2 bridgehead atoms. The van der Waals surface area contributed by atoms with Crippen molar-refractivity contribution in [2.24, 2.45) is 0 Å². The minimum absolute atomic E-state index is 0.809. The summed E-state index contributed by atoms with van der Waals surface area (Å²) in [5.74, 6) is 1.64. The maximum absolute atomic E-state index is 4.56. The van der Waals surface area contributed by atoms with Crippen molar-refractivity contribution in [3.05, 3.63) is 53.2 Å². The highest BCUT2D eigenvalue weighted by molar-refractivity contribution is 5.65. The molecule has 0 unspecified atom stereocenters. The van der Waals surface area contributed by atoms with Crippen LogP contribution in [0.3, 0.4) is 0 Å². The van der Waals surface area contributed by atoms with E-state index in [0.717, 1.165) is 17.5 Å². The van der Waals surface area contributed by atoms with Crippen molar-refractivity contribution in [2.75, 3.05) is 0 Å². The zero-order chi connectivity index (χ0) is 12.8. The lowest BCUT2D eigenvalue weighted by molar-refractivity contribution is 0.359. The van der Waals surface area contributed by atoms with Crippen LogP contribution in [0.15, 0.2) is 36.5 Å². The molecule has 1 fully saturated rings. The third kappa shape index (κ3) is 1.72. The zero-order valence-corrected chi connectivity index (χ0v) is 11.4. The summed E-state index contributed by atoms with van der Waals surface area (Å²) in [6.45, 7) is 2.15. The van der Waals surface area contributed by atoms with Gasteiger partial charge in [0.25, 0.3) is 0 Å². The quantitative estimate of drug-likeness (QED) is 0.706. The normalized spacial score (nSPS) is 24.3. The minimum Gasteiger partial charge on any atom is -0.256 e. The first kappa shape index (κ1) is 11.2. The Hall–Kier alpha value is -1.63. The highest BCUT2D eigenvalue weighted by atomic mass is 14.7. The van der Waals surface area contributed by atoms with Crippen molar-refractivity contribution in [2.45, 2.75) is 44.4 Å². The highest BCUT2D eigenvalue weighted by Gasteiger charge is 2.32. The molecule has 0 atom stereocenters. The van der Waals surface area contributed by atoms with Gasteiger partial charge >= 0.3 is 0 Å². The second-order valence-corrected chi connectivity index (χ2v) is 6.06. The van der Waals surface area contributed by atoms with Gasteiger partial charge in [-0.15, -0.1) is 0 Å². The number of aryl methyl sites for hydroxylation is 1. The van der Waals surface area contributed by atoms with E-state index in [1.807, 2.05) is 12.3 Å². The molecule has 5 rings (SSSR count). The van der Waals surface area contributed by atoms with E-state index in [2.05, 4.69) is 36.2 Å². The first-order chi connectivity index (χ1) is 9.33. The van der Waals surface area contributed by atoms with E-state index in [1.54, 1.807) is 11.1 Å². The molecule has 0 spiro atoms. The summed E-state index contributed by atoms with van der Waals surface area (Å²) >= 11 is 0. The second kappa shape index (κ2) is 4.19. The summed E-state index contributed by atoms with van der Waals surface area (Å²) < 4.78 is 0. The number of pyridine rings is 1. The molecule has 0 saturated heterocycles. The molecule has 19 heavy (non-hydrogen) atoms. The van der Waals surface area contributed by atoms with Crippen LogP contribution in [0.1, 0.15) is 54.2 Å². The van der Waals surface area contributed by atoms with Crippen molar-refractivity contribution in [1.82, 2.24) is 4.98 Å². The number of fused-ring (bicyclic) bond motifs is 2. The van der Waals surface area contributed by atoms with Crippen LogP contribution in [0, 0.1) is 6.92 Å². The van der Waals surface area contributed by atoms with Crippen molar-refractivity contribution in [3.8, 4) is 11.3 Å². The fraction of sp³-hybridized carbons (Fsp3) is 0.389. The Labute approximate surface area is 114 Å². The second-order valence-electron chi connectivity index (χ2n) is 6.06. The van der Waals surface area contributed by atoms with E-state index < -0.39 is 0 Å². The summed E-state index contributed by atoms with van der Waals surface area (Å²) in [6, 6.07) is 11.2. The Bertz CT molecular complexity index is 621. The number of hydrogen-bond donors (Lipinski definition) is 0. The lowest BCUT2D eigenvalue weighted by Crippen LogP contribution is -2.21. The Balaban J connectivity index is 1.85. The van der Waals surface area contributed by atoms with E-state index in [1.165, 1.54) is 36.8 Å². The van der Waals surface area contributed by atoms with Crippen LogP contribution in [0.5, 0.6) is 0 Å². The maximum Gasteiger partial charge on any atom is 0.0731 e. The van der Waals surface area contributed by atoms with Crippen LogP contribution >= 0.6 is 0 Å². The van der Waals surface area contributed by atoms with Gasteiger partial charge in [0.15, 0.2) is 0 Å². The highest BCUT2D eigenvalue weighted by Crippen LogP contribution is 2.49. The molecule has 1 aromatic heterocycles. The Morgan fingerprint density at radius 3 is 2.42 bits per heavy atom. The van der Waals surface area contributed by atoms with E-state index in [9.17, 15) is 0 Å². The van der Waals surface area contributed by atoms with Crippen molar-refractivity contribution in [3.63, 3.8) is 0 Å². The number of aromatic nitrogens is 1. The molecular formula is C18H19N. The molecule has 1 nitrogen and oxygen atoms in total. The summed E-state index contributed by atoms with van der Waals surface area (Å²) in [6.07, 6.45) is 7.48. The van der Waals surface area contributed by atoms with Gasteiger partial charge < -0.3 is 0 Å². The van der Waals surface area contributed by atoms with Gasteiger partial charge in [-0.25, -0.2) is 0 Å². The van der Waals surface area contributed by atoms with Crippen molar-refractivity contribution >= 4 is 0 Å². The molecule has 1 heteroatoms. The predicted octanol–water partition coefficient (Wildman–Crippen LogP) is 4.81. The van der Waals surface area contributed by atoms with Crippen LogP contribution in [0.4, 0.5) is 0 Å². The van der Waals surface area contributed by atoms with Crippen LogP contribution in [-0.4, -0.2) is 4.98 Å². The number of benzene rings is 1. The van der Waals surface area contributed by atoms with Gasteiger partial charge in [0, 0.05) is 11.8 Å². The van der Waals surface area contributed by atoms with Crippen LogP contribution in [0.2, 0.25) is 0 Å². The smallest absolute Gasteiger partial charge is 0.0731 e. The molecule has 1 heterocycles. The lowest BCUT2D eigenvalue weighted by atomic mass is 9.67. The number of nitrogens with zero attached hydrogens (tertiary/aromatic N) is 1. The molecule has 2 aromatic rings. The summed E-state index contributed by atoms with van der Waals surface area (Å²) in [5.41, 5.74) is 6.95.